The van der Waals surface area contributed by atoms with Gasteiger partial charge in [-0.05, 0) is 41.5 Å². The largest absolute Gasteiger partial charge is 0.303 e. The van der Waals surface area contributed by atoms with Gasteiger partial charge in [0.05, 0.1) is 10.7 Å². The SMILES string of the molecule is CC(C)NC(C)SC(C)NC(C)C. The first-order valence-electron chi connectivity index (χ1n) is 5.09. The van der Waals surface area contributed by atoms with E-state index in [1.54, 1.807) is 0 Å². The van der Waals surface area contributed by atoms with Crippen LogP contribution in [0.4, 0.5) is 0 Å². The van der Waals surface area contributed by atoms with Crippen molar-refractivity contribution in [2.45, 2.75) is 64.4 Å². The van der Waals surface area contributed by atoms with Crippen molar-refractivity contribution in [3.63, 3.8) is 0 Å². The van der Waals surface area contributed by atoms with Crippen LogP contribution in [-0.4, -0.2) is 22.8 Å². The third-order valence-corrected chi connectivity index (χ3v) is 2.63. The molecule has 2 nitrogen and oxygen atoms in total. The first-order chi connectivity index (χ1) is 5.91. The van der Waals surface area contributed by atoms with Crippen LogP contribution in [0.25, 0.3) is 0 Å². The van der Waals surface area contributed by atoms with Crippen LogP contribution in [-0.2, 0) is 0 Å². The van der Waals surface area contributed by atoms with E-state index in [-0.39, 0.29) is 0 Å². The molecule has 0 aliphatic carbocycles. The molecule has 0 aromatic heterocycles. The molecule has 2 atom stereocenters. The van der Waals surface area contributed by atoms with Gasteiger partial charge in [0.2, 0.25) is 0 Å². The lowest BCUT2D eigenvalue weighted by molar-refractivity contribution is 0.564. The Morgan fingerprint density at radius 3 is 1.23 bits per heavy atom. The van der Waals surface area contributed by atoms with E-state index in [1.165, 1.54) is 0 Å². The summed E-state index contributed by atoms with van der Waals surface area (Å²) in [5.41, 5.74) is 0. The van der Waals surface area contributed by atoms with Gasteiger partial charge in [-0.3, -0.25) is 0 Å². The van der Waals surface area contributed by atoms with Crippen molar-refractivity contribution < 1.29 is 0 Å². The number of hydrogen-bond acceptors (Lipinski definition) is 3. The minimum absolute atomic E-state index is 0.515. The third-order valence-electron chi connectivity index (χ3n) is 1.54. The van der Waals surface area contributed by atoms with Crippen LogP contribution >= 0.6 is 11.8 Å². The Morgan fingerprint density at radius 2 is 1.00 bits per heavy atom. The van der Waals surface area contributed by atoms with Crippen molar-refractivity contribution in [3.05, 3.63) is 0 Å². The average Bonchev–Trinajstić information content (AvgIpc) is 1.80. The quantitative estimate of drug-likeness (QED) is 0.650. The highest BCUT2D eigenvalue weighted by Gasteiger charge is 2.09. The van der Waals surface area contributed by atoms with E-state index < -0.39 is 0 Å². The van der Waals surface area contributed by atoms with Gasteiger partial charge < -0.3 is 10.6 Å². The summed E-state index contributed by atoms with van der Waals surface area (Å²) in [6.45, 7) is 13.1. The lowest BCUT2D eigenvalue weighted by Crippen LogP contribution is -2.36. The maximum Gasteiger partial charge on any atom is 0.0521 e. The molecule has 0 saturated heterocycles. The Labute approximate surface area is 87.2 Å². The van der Waals surface area contributed by atoms with Crippen molar-refractivity contribution >= 4 is 11.8 Å². The molecule has 0 rings (SSSR count). The van der Waals surface area contributed by atoms with Gasteiger partial charge in [0.1, 0.15) is 0 Å². The smallest absolute Gasteiger partial charge is 0.0521 e. The highest BCUT2D eigenvalue weighted by molar-refractivity contribution is 8.00. The summed E-state index contributed by atoms with van der Waals surface area (Å²) in [6, 6.07) is 1.13. The molecule has 80 valence electrons. The molecule has 3 heteroatoms. The Hall–Kier alpha value is 0.270. The number of thioether (sulfide) groups is 1. The van der Waals surface area contributed by atoms with E-state index >= 15 is 0 Å². The topological polar surface area (TPSA) is 24.1 Å². The van der Waals surface area contributed by atoms with E-state index in [0.29, 0.717) is 22.8 Å². The molecule has 0 aromatic carbocycles. The molecular formula is C10H24N2S. The molecule has 0 fully saturated rings. The molecule has 0 saturated carbocycles. The second-order valence-electron chi connectivity index (χ2n) is 4.06. The lowest BCUT2D eigenvalue weighted by atomic mass is 10.4. The van der Waals surface area contributed by atoms with E-state index in [0.717, 1.165) is 0 Å². The second-order valence-corrected chi connectivity index (χ2v) is 5.75. The summed E-state index contributed by atoms with van der Waals surface area (Å²) in [7, 11) is 0. The molecule has 13 heavy (non-hydrogen) atoms. The summed E-state index contributed by atoms with van der Waals surface area (Å²) in [5, 5.41) is 7.97. The summed E-state index contributed by atoms with van der Waals surface area (Å²) in [4.78, 5) is 0. The molecule has 0 bridgehead atoms. The molecule has 0 aliphatic heterocycles. The Bertz CT molecular complexity index is 112. The van der Waals surface area contributed by atoms with Crippen molar-refractivity contribution in [2.75, 3.05) is 0 Å². The maximum absolute atomic E-state index is 3.47. The van der Waals surface area contributed by atoms with Crippen molar-refractivity contribution in [2.24, 2.45) is 0 Å². The third kappa shape index (κ3) is 8.60. The molecule has 0 aliphatic rings. The monoisotopic (exact) mass is 204 g/mol. The number of rotatable bonds is 6. The van der Waals surface area contributed by atoms with Crippen LogP contribution in [0.1, 0.15) is 41.5 Å². The fraction of sp³-hybridized carbons (Fsp3) is 1.00. The molecule has 0 amide bonds. The van der Waals surface area contributed by atoms with Crippen LogP contribution in [0.2, 0.25) is 0 Å². The van der Waals surface area contributed by atoms with Gasteiger partial charge in [-0.15, -0.1) is 11.8 Å². The minimum atomic E-state index is 0.515. The summed E-state index contributed by atoms with van der Waals surface area (Å²) >= 11 is 1.93. The van der Waals surface area contributed by atoms with E-state index in [4.69, 9.17) is 0 Å². The highest BCUT2D eigenvalue weighted by Crippen LogP contribution is 2.13. The summed E-state index contributed by atoms with van der Waals surface area (Å²) < 4.78 is 0. The molecular weight excluding hydrogens is 180 g/mol. The summed E-state index contributed by atoms with van der Waals surface area (Å²) in [6.07, 6.45) is 0. The zero-order valence-corrected chi connectivity index (χ0v) is 10.5. The molecule has 0 heterocycles. The fourth-order valence-corrected chi connectivity index (χ4v) is 2.64. The molecule has 0 aromatic rings. The zero-order valence-electron chi connectivity index (χ0n) is 9.72. The van der Waals surface area contributed by atoms with Crippen molar-refractivity contribution in [3.8, 4) is 0 Å². The molecule has 2 unspecified atom stereocenters. The van der Waals surface area contributed by atoms with Gasteiger partial charge in [-0.2, -0.15) is 0 Å². The average molecular weight is 204 g/mol. The predicted octanol–water partition coefficient (Wildman–Crippen LogP) is 2.41. The molecule has 2 N–H and O–H groups in total. The minimum Gasteiger partial charge on any atom is -0.303 e. The van der Waals surface area contributed by atoms with Crippen LogP contribution < -0.4 is 10.6 Å². The Morgan fingerprint density at radius 1 is 0.692 bits per heavy atom. The Kier molecular flexibility index (Phi) is 6.82. The highest BCUT2D eigenvalue weighted by atomic mass is 32.2. The maximum atomic E-state index is 3.47. The molecule has 0 spiro atoms. The van der Waals surface area contributed by atoms with E-state index in [1.807, 2.05) is 11.8 Å². The van der Waals surface area contributed by atoms with Gasteiger partial charge in [-0.1, -0.05) is 0 Å². The van der Waals surface area contributed by atoms with Gasteiger partial charge in [-0.25, -0.2) is 0 Å². The second kappa shape index (κ2) is 6.68. The van der Waals surface area contributed by atoms with Crippen LogP contribution in [0.5, 0.6) is 0 Å². The summed E-state index contributed by atoms with van der Waals surface area (Å²) in [5.74, 6) is 0. The van der Waals surface area contributed by atoms with Gasteiger partial charge >= 0.3 is 0 Å². The van der Waals surface area contributed by atoms with Crippen LogP contribution in [0.15, 0.2) is 0 Å². The van der Waals surface area contributed by atoms with Gasteiger partial charge in [0, 0.05) is 12.1 Å². The molecule has 0 radical (unpaired) electrons. The zero-order chi connectivity index (χ0) is 10.4. The standard InChI is InChI=1S/C10H24N2S/c1-7(2)11-9(5)13-10(6)12-8(3)4/h7-12H,1-6H3. The van der Waals surface area contributed by atoms with Crippen LogP contribution in [0, 0.1) is 0 Å². The van der Waals surface area contributed by atoms with Gasteiger partial charge in [0.15, 0.2) is 0 Å². The fourth-order valence-electron chi connectivity index (χ4n) is 1.32. The van der Waals surface area contributed by atoms with Crippen molar-refractivity contribution in [1.29, 1.82) is 0 Å². The van der Waals surface area contributed by atoms with Gasteiger partial charge in [0.25, 0.3) is 0 Å². The first-order valence-corrected chi connectivity index (χ1v) is 6.03. The lowest BCUT2D eigenvalue weighted by Gasteiger charge is -2.22. The normalized spacial score (nSPS) is 16.6. The van der Waals surface area contributed by atoms with Crippen molar-refractivity contribution in [1.82, 2.24) is 10.6 Å². The first kappa shape index (κ1) is 13.3. The van der Waals surface area contributed by atoms with E-state index in [2.05, 4.69) is 52.2 Å². The van der Waals surface area contributed by atoms with Crippen LogP contribution in [0.3, 0.4) is 0 Å². The Balaban J connectivity index is 3.58. The number of hydrogen-bond donors (Lipinski definition) is 2. The van der Waals surface area contributed by atoms with E-state index in [9.17, 15) is 0 Å². The number of nitrogens with one attached hydrogen (secondary N) is 2. The predicted molar refractivity (Wildman–Crippen MR) is 63.1 cm³/mol.